The van der Waals surface area contributed by atoms with Gasteiger partial charge in [0.05, 0.1) is 18.2 Å². The van der Waals surface area contributed by atoms with Crippen LogP contribution < -0.4 is 5.32 Å². The average Bonchev–Trinajstić information content (AvgIpc) is 2.52. The van der Waals surface area contributed by atoms with Gasteiger partial charge in [-0.15, -0.1) is 24.0 Å². The summed E-state index contributed by atoms with van der Waals surface area (Å²) in [6.07, 6.45) is 2.55. The zero-order valence-corrected chi connectivity index (χ0v) is 15.7. The molecule has 1 heterocycles. The lowest BCUT2D eigenvalue weighted by Gasteiger charge is -2.33. The molecule has 1 aliphatic heterocycles. The molecule has 1 fully saturated rings. The van der Waals surface area contributed by atoms with Gasteiger partial charge in [-0.1, -0.05) is 19.1 Å². The molecule has 120 valence electrons. The normalized spacial score (nSPS) is 18.3. The minimum atomic E-state index is 0. The molecule has 0 spiro atoms. The summed E-state index contributed by atoms with van der Waals surface area (Å²) in [5, 5.41) is 12.2. The largest absolute Gasteiger partial charge is 0.357 e. The van der Waals surface area contributed by atoms with E-state index in [1.165, 1.54) is 12.8 Å². The van der Waals surface area contributed by atoms with Gasteiger partial charge in [0.25, 0.3) is 0 Å². The van der Waals surface area contributed by atoms with Crippen molar-refractivity contribution in [2.24, 2.45) is 10.9 Å². The molecule has 1 unspecified atom stereocenters. The molecular weight excluding hydrogens is 387 g/mol. The second kappa shape index (κ2) is 9.67. The third-order valence-corrected chi connectivity index (χ3v) is 3.79. The van der Waals surface area contributed by atoms with Gasteiger partial charge < -0.3 is 10.2 Å². The summed E-state index contributed by atoms with van der Waals surface area (Å²) < 4.78 is 0. The number of hydrogen-bond acceptors (Lipinski definition) is 2. The molecule has 0 saturated carbocycles. The molecule has 0 aromatic heterocycles. The summed E-state index contributed by atoms with van der Waals surface area (Å²) in [7, 11) is 0. The van der Waals surface area contributed by atoms with Crippen molar-refractivity contribution in [1.82, 2.24) is 10.2 Å². The van der Waals surface area contributed by atoms with Crippen LogP contribution in [0.3, 0.4) is 0 Å². The van der Waals surface area contributed by atoms with Crippen LogP contribution in [0.1, 0.15) is 37.8 Å². The summed E-state index contributed by atoms with van der Waals surface area (Å²) in [6.45, 7) is 8.11. The number of rotatable bonds is 3. The highest BCUT2D eigenvalue weighted by Gasteiger charge is 2.18. The van der Waals surface area contributed by atoms with Crippen LogP contribution in [0.25, 0.3) is 0 Å². The molecule has 1 aromatic rings. The van der Waals surface area contributed by atoms with Crippen molar-refractivity contribution in [3.8, 4) is 6.07 Å². The standard InChI is InChI=1S/C17H24N4.HI/c1-3-19-17(21-10-4-5-14(2)13-21)20-12-16-8-6-15(11-18)7-9-16;/h6-9,14H,3-5,10,12-13H2,1-2H3,(H,19,20);1H. The molecule has 4 nitrogen and oxygen atoms in total. The monoisotopic (exact) mass is 412 g/mol. The van der Waals surface area contributed by atoms with Crippen molar-refractivity contribution < 1.29 is 0 Å². The molecule has 22 heavy (non-hydrogen) atoms. The predicted molar refractivity (Wildman–Crippen MR) is 101 cm³/mol. The van der Waals surface area contributed by atoms with Crippen molar-refractivity contribution in [1.29, 1.82) is 5.26 Å². The summed E-state index contributed by atoms with van der Waals surface area (Å²) in [5.74, 6) is 1.74. The predicted octanol–water partition coefficient (Wildman–Crippen LogP) is 3.37. The van der Waals surface area contributed by atoms with Gasteiger partial charge in [-0.05, 0) is 43.4 Å². The fourth-order valence-electron chi connectivity index (χ4n) is 2.66. The number of halogens is 1. The van der Waals surface area contributed by atoms with Crippen molar-refractivity contribution in [2.75, 3.05) is 19.6 Å². The highest BCUT2D eigenvalue weighted by atomic mass is 127. The molecule has 1 N–H and O–H groups in total. The van der Waals surface area contributed by atoms with Crippen LogP contribution in [0.4, 0.5) is 0 Å². The lowest BCUT2D eigenvalue weighted by atomic mass is 10.0. The Bertz CT molecular complexity index is 518. The number of hydrogen-bond donors (Lipinski definition) is 1. The molecule has 0 bridgehead atoms. The van der Waals surface area contributed by atoms with E-state index >= 15 is 0 Å². The van der Waals surface area contributed by atoms with E-state index < -0.39 is 0 Å². The van der Waals surface area contributed by atoms with Gasteiger partial charge in [0, 0.05) is 19.6 Å². The third kappa shape index (κ3) is 5.48. The maximum Gasteiger partial charge on any atom is 0.194 e. The number of nitrogens with zero attached hydrogens (tertiary/aromatic N) is 3. The molecule has 0 aliphatic carbocycles. The quantitative estimate of drug-likeness (QED) is 0.471. The van der Waals surface area contributed by atoms with Crippen LogP contribution >= 0.6 is 24.0 Å². The Kier molecular flexibility index (Phi) is 8.25. The first-order valence-corrected chi connectivity index (χ1v) is 7.75. The minimum Gasteiger partial charge on any atom is -0.357 e. The van der Waals surface area contributed by atoms with Crippen LogP contribution in [0.15, 0.2) is 29.3 Å². The first kappa shape index (κ1) is 18.8. The van der Waals surface area contributed by atoms with Crippen LogP contribution in [-0.4, -0.2) is 30.5 Å². The van der Waals surface area contributed by atoms with Gasteiger partial charge in [-0.2, -0.15) is 5.26 Å². The van der Waals surface area contributed by atoms with Gasteiger partial charge in [-0.25, -0.2) is 4.99 Å². The van der Waals surface area contributed by atoms with Crippen LogP contribution in [0.2, 0.25) is 0 Å². The van der Waals surface area contributed by atoms with E-state index in [0.717, 1.165) is 37.1 Å². The Morgan fingerprint density at radius 3 is 2.73 bits per heavy atom. The summed E-state index contributed by atoms with van der Waals surface area (Å²) in [4.78, 5) is 7.11. The molecule has 0 radical (unpaired) electrons. The fourth-order valence-corrected chi connectivity index (χ4v) is 2.66. The molecule has 2 rings (SSSR count). The molecule has 1 aromatic carbocycles. The fraction of sp³-hybridized carbons (Fsp3) is 0.529. The maximum absolute atomic E-state index is 8.82. The third-order valence-electron chi connectivity index (χ3n) is 3.79. The van der Waals surface area contributed by atoms with Crippen LogP contribution in [-0.2, 0) is 6.54 Å². The number of piperidine rings is 1. The molecule has 0 amide bonds. The van der Waals surface area contributed by atoms with Crippen molar-refractivity contribution in [3.63, 3.8) is 0 Å². The van der Waals surface area contributed by atoms with E-state index in [2.05, 4.69) is 30.1 Å². The van der Waals surface area contributed by atoms with Gasteiger partial charge in [0.15, 0.2) is 5.96 Å². The van der Waals surface area contributed by atoms with Gasteiger partial charge in [-0.3, -0.25) is 0 Å². The Hall–Kier alpha value is -1.29. The molecule has 5 heteroatoms. The Morgan fingerprint density at radius 2 is 2.14 bits per heavy atom. The van der Waals surface area contributed by atoms with E-state index in [4.69, 9.17) is 10.3 Å². The van der Waals surface area contributed by atoms with Gasteiger partial charge in [0.2, 0.25) is 0 Å². The minimum absolute atomic E-state index is 0. The van der Waals surface area contributed by atoms with E-state index in [1.54, 1.807) is 0 Å². The maximum atomic E-state index is 8.82. The first-order valence-electron chi connectivity index (χ1n) is 7.75. The number of benzene rings is 1. The number of aliphatic imine (C=N–C) groups is 1. The topological polar surface area (TPSA) is 51.4 Å². The summed E-state index contributed by atoms with van der Waals surface area (Å²) in [6, 6.07) is 9.79. The van der Waals surface area contributed by atoms with Crippen LogP contribution in [0, 0.1) is 17.2 Å². The summed E-state index contributed by atoms with van der Waals surface area (Å²) >= 11 is 0. The SMILES string of the molecule is CCNC(=NCc1ccc(C#N)cc1)N1CCCC(C)C1.I. The van der Waals surface area contributed by atoms with Crippen molar-refractivity contribution in [3.05, 3.63) is 35.4 Å². The lowest BCUT2D eigenvalue weighted by Crippen LogP contribution is -2.46. The van der Waals surface area contributed by atoms with E-state index in [1.807, 2.05) is 24.3 Å². The number of nitriles is 1. The zero-order valence-electron chi connectivity index (χ0n) is 13.4. The van der Waals surface area contributed by atoms with E-state index in [9.17, 15) is 0 Å². The van der Waals surface area contributed by atoms with E-state index in [0.29, 0.717) is 12.1 Å². The van der Waals surface area contributed by atoms with Gasteiger partial charge >= 0.3 is 0 Å². The Labute approximate surface area is 150 Å². The highest BCUT2D eigenvalue weighted by Crippen LogP contribution is 2.15. The number of nitrogens with one attached hydrogen (secondary N) is 1. The zero-order chi connectivity index (χ0) is 15.1. The van der Waals surface area contributed by atoms with Crippen LogP contribution in [0.5, 0.6) is 0 Å². The molecule has 1 saturated heterocycles. The van der Waals surface area contributed by atoms with Crippen molar-refractivity contribution >= 4 is 29.9 Å². The number of likely N-dealkylation sites (tertiary alicyclic amines) is 1. The lowest BCUT2D eigenvalue weighted by molar-refractivity contribution is 0.266. The second-order valence-corrected chi connectivity index (χ2v) is 5.67. The smallest absolute Gasteiger partial charge is 0.194 e. The molecular formula is C17H25IN4. The van der Waals surface area contributed by atoms with Crippen molar-refractivity contribution in [2.45, 2.75) is 33.2 Å². The Balaban J connectivity index is 0.00000242. The number of guanidine groups is 1. The summed E-state index contributed by atoms with van der Waals surface area (Å²) in [5.41, 5.74) is 1.83. The first-order chi connectivity index (χ1) is 10.2. The average molecular weight is 412 g/mol. The highest BCUT2D eigenvalue weighted by molar-refractivity contribution is 14.0. The molecule has 1 aliphatic rings. The van der Waals surface area contributed by atoms with E-state index in [-0.39, 0.29) is 24.0 Å². The molecule has 1 atom stereocenters. The van der Waals surface area contributed by atoms with Gasteiger partial charge in [0.1, 0.15) is 0 Å². The second-order valence-electron chi connectivity index (χ2n) is 5.67. The Morgan fingerprint density at radius 1 is 1.41 bits per heavy atom.